The van der Waals surface area contributed by atoms with Gasteiger partial charge in [0.15, 0.2) is 5.65 Å². The molecular weight excluding hydrogens is 342 g/mol. The lowest BCUT2D eigenvalue weighted by Crippen LogP contribution is -2.26. The lowest BCUT2D eigenvalue weighted by atomic mass is 9.99. The van der Waals surface area contributed by atoms with Crippen molar-refractivity contribution in [2.75, 3.05) is 18.0 Å². The zero-order valence-electron chi connectivity index (χ0n) is 14.3. The fourth-order valence-corrected chi connectivity index (χ4v) is 3.74. The monoisotopic (exact) mass is 360 g/mol. The van der Waals surface area contributed by atoms with Gasteiger partial charge in [0.25, 0.3) is 5.92 Å². The summed E-state index contributed by atoms with van der Waals surface area (Å²) in [6.45, 7) is 1.85. The molecule has 0 bridgehead atoms. The smallest absolute Gasteiger partial charge is 0.266 e. The average Bonchev–Trinajstić information content (AvgIpc) is 3.02. The number of aryl methyl sites for hydroxylation is 1. The van der Waals surface area contributed by atoms with Crippen molar-refractivity contribution in [1.82, 2.24) is 25.5 Å². The maximum Gasteiger partial charge on any atom is 0.266 e. The van der Waals surface area contributed by atoms with Crippen LogP contribution < -0.4 is 4.90 Å². The highest BCUT2D eigenvalue weighted by atomic mass is 19.3. The Morgan fingerprint density at radius 3 is 2.85 bits per heavy atom. The Kier molecular flexibility index (Phi) is 3.29. The van der Waals surface area contributed by atoms with Crippen LogP contribution in [0.25, 0.3) is 11.0 Å². The Labute approximate surface area is 147 Å². The molecule has 4 heterocycles. The first kappa shape index (κ1) is 15.7. The normalized spacial score (nSPS) is 19.6. The second kappa shape index (κ2) is 5.46. The fraction of sp³-hybridized carbons (Fsp3) is 0.529. The van der Waals surface area contributed by atoms with E-state index in [0.29, 0.717) is 35.9 Å². The highest BCUT2D eigenvalue weighted by Gasteiger charge is 2.41. The van der Waals surface area contributed by atoms with Gasteiger partial charge in [0.05, 0.1) is 29.5 Å². The zero-order valence-corrected chi connectivity index (χ0v) is 14.3. The van der Waals surface area contributed by atoms with Crippen molar-refractivity contribution >= 4 is 16.7 Å². The average molecular weight is 360 g/mol. The van der Waals surface area contributed by atoms with Crippen LogP contribution in [0.2, 0.25) is 0 Å². The van der Waals surface area contributed by atoms with Crippen LogP contribution in [0.4, 0.5) is 14.5 Å². The van der Waals surface area contributed by atoms with Crippen LogP contribution in [-0.4, -0.2) is 44.5 Å². The van der Waals surface area contributed by atoms with Gasteiger partial charge in [-0.05, 0) is 19.8 Å². The van der Waals surface area contributed by atoms with E-state index in [0.717, 1.165) is 35.2 Å². The number of nitrogens with one attached hydrogen (secondary N) is 1. The molecule has 26 heavy (non-hydrogen) atoms. The minimum absolute atomic E-state index is 0.141. The van der Waals surface area contributed by atoms with Crippen molar-refractivity contribution in [1.29, 1.82) is 0 Å². The standard InChI is InChI=1S/C17H18F2N6O/c1-9-13(24-26-23-9)6-11-14(10-2-3-10)21-16-12(7-20-22-16)15(11)25-5-4-17(18,19)8-25/h7,10H,2-6,8H2,1H3,(H,20,21,22). The van der Waals surface area contributed by atoms with Crippen LogP contribution in [0.3, 0.4) is 0 Å². The van der Waals surface area contributed by atoms with Crippen molar-refractivity contribution in [3.05, 3.63) is 28.8 Å². The Hall–Kier alpha value is -2.58. The van der Waals surface area contributed by atoms with E-state index in [-0.39, 0.29) is 13.0 Å². The Balaban J connectivity index is 1.70. The molecule has 0 atom stereocenters. The molecule has 1 aliphatic carbocycles. The summed E-state index contributed by atoms with van der Waals surface area (Å²) in [5.74, 6) is -2.32. The van der Waals surface area contributed by atoms with Crippen molar-refractivity contribution in [3.63, 3.8) is 0 Å². The van der Waals surface area contributed by atoms with Crippen LogP contribution in [0.1, 0.15) is 47.8 Å². The highest BCUT2D eigenvalue weighted by Crippen LogP contribution is 2.46. The second-order valence-electron chi connectivity index (χ2n) is 7.23. The van der Waals surface area contributed by atoms with Gasteiger partial charge in [0.1, 0.15) is 11.4 Å². The number of anilines is 1. The third-order valence-electron chi connectivity index (χ3n) is 5.24. The van der Waals surface area contributed by atoms with E-state index >= 15 is 0 Å². The van der Waals surface area contributed by atoms with E-state index in [1.54, 1.807) is 11.1 Å². The number of hydrogen-bond acceptors (Lipinski definition) is 6. The molecule has 0 amide bonds. The predicted molar refractivity (Wildman–Crippen MR) is 89.5 cm³/mol. The van der Waals surface area contributed by atoms with Gasteiger partial charge >= 0.3 is 0 Å². The molecule has 136 valence electrons. The number of aromatic amines is 1. The molecule has 5 rings (SSSR count). The number of H-pyrrole nitrogens is 1. The summed E-state index contributed by atoms with van der Waals surface area (Å²) in [7, 11) is 0. The minimum Gasteiger partial charge on any atom is -0.364 e. The van der Waals surface area contributed by atoms with Crippen LogP contribution in [0.15, 0.2) is 10.8 Å². The summed E-state index contributed by atoms with van der Waals surface area (Å²) in [4.78, 5) is 6.53. The lowest BCUT2D eigenvalue weighted by molar-refractivity contribution is 0.0257. The van der Waals surface area contributed by atoms with Gasteiger partial charge < -0.3 is 4.90 Å². The molecule has 0 unspecified atom stereocenters. The van der Waals surface area contributed by atoms with Crippen molar-refractivity contribution < 1.29 is 13.4 Å². The number of aromatic nitrogens is 5. The molecule has 3 aromatic heterocycles. The third-order valence-corrected chi connectivity index (χ3v) is 5.24. The maximum absolute atomic E-state index is 13.9. The van der Waals surface area contributed by atoms with Crippen molar-refractivity contribution in [2.24, 2.45) is 0 Å². The Bertz CT molecular complexity index is 977. The van der Waals surface area contributed by atoms with E-state index in [2.05, 4.69) is 20.5 Å². The molecule has 7 nitrogen and oxygen atoms in total. The largest absolute Gasteiger partial charge is 0.364 e. The number of alkyl halides is 2. The van der Waals surface area contributed by atoms with Crippen molar-refractivity contribution in [2.45, 2.75) is 44.4 Å². The zero-order chi connectivity index (χ0) is 17.9. The quantitative estimate of drug-likeness (QED) is 0.770. The summed E-state index contributed by atoms with van der Waals surface area (Å²) >= 11 is 0. The van der Waals surface area contributed by atoms with E-state index in [4.69, 9.17) is 9.61 Å². The number of pyridine rings is 1. The van der Waals surface area contributed by atoms with E-state index < -0.39 is 5.92 Å². The van der Waals surface area contributed by atoms with Crippen molar-refractivity contribution in [3.8, 4) is 0 Å². The fourth-order valence-electron chi connectivity index (χ4n) is 3.74. The first-order valence-corrected chi connectivity index (χ1v) is 8.78. The number of halogens is 2. The summed E-state index contributed by atoms with van der Waals surface area (Å²) in [6.07, 6.45) is 4.11. The molecule has 1 saturated heterocycles. The van der Waals surface area contributed by atoms with Gasteiger partial charge in [0, 0.05) is 30.9 Å². The molecule has 0 spiro atoms. The first-order chi connectivity index (χ1) is 12.5. The van der Waals surface area contributed by atoms with Crippen LogP contribution in [-0.2, 0) is 6.42 Å². The molecule has 1 aliphatic heterocycles. The van der Waals surface area contributed by atoms with Gasteiger partial charge in [-0.3, -0.25) is 5.10 Å². The maximum atomic E-state index is 13.9. The van der Waals surface area contributed by atoms with E-state index in [1.807, 2.05) is 6.92 Å². The summed E-state index contributed by atoms with van der Waals surface area (Å²) in [5, 5.41) is 15.6. The van der Waals surface area contributed by atoms with Crippen LogP contribution >= 0.6 is 0 Å². The Morgan fingerprint density at radius 2 is 2.19 bits per heavy atom. The second-order valence-corrected chi connectivity index (χ2v) is 7.23. The summed E-state index contributed by atoms with van der Waals surface area (Å²) < 4.78 is 32.7. The van der Waals surface area contributed by atoms with Gasteiger partial charge in [-0.25, -0.2) is 18.4 Å². The lowest BCUT2D eigenvalue weighted by Gasteiger charge is -2.24. The predicted octanol–water partition coefficient (Wildman–Crippen LogP) is 2.96. The number of fused-ring (bicyclic) bond motifs is 1. The van der Waals surface area contributed by atoms with E-state index in [9.17, 15) is 8.78 Å². The Morgan fingerprint density at radius 1 is 1.35 bits per heavy atom. The van der Waals surface area contributed by atoms with Crippen LogP contribution in [0, 0.1) is 6.92 Å². The molecule has 2 fully saturated rings. The molecule has 0 aromatic carbocycles. The van der Waals surface area contributed by atoms with Gasteiger partial charge in [-0.1, -0.05) is 10.3 Å². The van der Waals surface area contributed by atoms with Gasteiger partial charge in [0.2, 0.25) is 0 Å². The topological polar surface area (TPSA) is 83.7 Å². The molecule has 3 aromatic rings. The SMILES string of the molecule is Cc1nonc1Cc1c(C2CC2)nc2[nH]ncc2c1N1CCC(F)(F)C1. The molecule has 1 saturated carbocycles. The summed E-state index contributed by atoms with van der Waals surface area (Å²) in [6, 6.07) is 0. The first-order valence-electron chi connectivity index (χ1n) is 8.78. The van der Waals surface area contributed by atoms with Gasteiger partial charge in [-0.15, -0.1) is 0 Å². The number of hydrogen-bond donors (Lipinski definition) is 1. The summed E-state index contributed by atoms with van der Waals surface area (Å²) in [5.41, 5.74) is 4.76. The number of rotatable bonds is 4. The molecular formula is C17H18F2N6O. The molecule has 1 N–H and O–H groups in total. The van der Waals surface area contributed by atoms with Crippen LogP contribution in [0.5, 0.6) is 0 Å². The highest BCUT2D eigenvalue weighted by molar-refractivity contribution is 5.92. The van der Waals surface area contributed by atoms with Gasteiger partial charge in [-0.2, -0.15) is 5.10 Å². The van der Waals surface area contributed by atoms with E-state index in [1.165, 1.54) is 0 Å². The minimum atomic E-state index is -2.68. The third kappa shape index (κ3) is 2.53. The molecule has 0 radical (unpaired) electrons. The molecule has 9 heteroatoms. The number of nitrogens with zero attached hydrogens (tertiary/aromatic N) is 5. The molecule has 2 aliphatic rings.